The van der Waals surface area contributed by atoms with Crippen LogP contribution in [-0.2, 0) is 9.59 Å². The number of carbonyl (C=O) groups excluding carboxylic acids is 1. The zero-order chi connectivity index (χ0) is 22.0. The van der Waals surface area contributed by atoms with Crippen LogP contribution in [0.1, 0.15) is 69.4 Å². The van der Waals surface area contributed by atoms with Gasteiger partial charge in [0.1, 0.15) is 6.04 Å². The van der Waals surface area contributed by atoms with Gasteiger partial charge < -0.3 is 10.4 Å². The summed E-state index contributed by atoms with van der Waals surface area (Å²) in [5.74, 6) is -0.688. The largest absolute Gasteiger partial charge is 0.481 e. The molecule has 166 valence electrons. The summed E-state index contributed by atoms with van der Waals surface area (Å²) in [4.78, 5) is 25.5. The van der Waals surface area contributed by atoms with E-state index >= 15 is 0 Å². The molecular formula is C25H38N2O3. The van der Waals surface area contributed by atoms with Gasteiger partial charge in [0, 0.05) is 26.1 Å². The minimum absolute atomic E-state index is 0.0170. The van der Waals surface area contributed by atoms with E-state index in [4.69, 9.17) is 5.11 Å². The Hall–Kier alpha value is -2.40. The Morgan fingerprint density at radius 2 is 1.43 bits per heavy atom. The summed E-state index contributed by atoms with van der Waals surface area (Å²) < 4.78 is 0. The van der Waals surface area contributed by atoms with Gasteiger partial charge in [-0.2, -0.15) is 0 Å². The number of carboxylic acids is 1. The highest BCUT2D eigenvalue weighted by molar-refractivity contribution is 5.83. The predicted octanol–water partition coefficient (Wildman–Crippen LogP) is 5.11. The zero-order valence-corrected chi connectivity index (χ0v) is 18.2. The number of aliphatic carboxylic acids is 1. The fraction of sp³-hybridized carbons (Fsp3) is 0.520. The van der Waals surface area contributed by atoms with Crippen molar-refractivity contribution in [3.63, 3.8) is 0 Å². The van der Waals surface area contributed by atoms with E-state index in [9.17, 15) is 9.59 Å². The highest BCUT2D eigenvalue weighted by atomic mass is 16.4. The van der Waals surface area contributed by atoms with Gasteiger partial charge in [-0.05, 0) is 18.4 Å². The first kappa shape index (κ1) is 25.6. The lowest BCUT2D eigenvalue weighted by molar-refractivity contribution is -0.137. The summed E-state index contributed by atoms with van der Waals surface area (Å²) in [6, 6.07) is 9.48. The number of nitrogens with zero attached hydrogens (tertiary/aromatic N) is 1. The second-order valence-electron chi connectivity index (χ2n) is 7.61. The summed E-state index contributed by atoms with van der Waals surface area (Å²) in [6.45, 7) is 9.55. The molecule has 30 heavy (non-hydrogen) atoms. The molecule has 0 spiro atoms. The number of benzene rings is 1. The zero-order valence-electron chi connectivity index (χ0n) is 18.2. The van der Waals surface area contributed by atoms with Crippen LogP contribution >= 0.6 is 0 Å². The van der Waals surface area contributed by atoms with E-state index < -0.39 is 5.97 Å². The third-order valence-corrected chi connectivity index (χ3v) is 5.07. The average molecular weight is 415 g/mol. The van der Waals surface area contributed by atoms with Gasteiger partial charge >= 0.3 is 5.97 Å². The van der Waals surface area contributed by atoms with Crippen molar-refractivity contribution >= 4 is 11.9 Å². The van der Waals surface area contributed by atoms with Crippen LogP contribution in [0.25, 0.3) is 0 Å². The third kappa shape index (κ3) is 11.0. The SMILES string of the molecule is C=CCN(CC=C)C(C(=O)NCCCCCCCCCCC(=O)O)c1ccccc1. The van der Waals surface area contributed by atoms with Crippen LogP contribution in [0.5, 0.6) is 0 Å². The van der Waals surface area contributed by atoms with Crippen LogP contribution in [-0.4, -0.2) is 41.5 Å². The minimum atomic E-state index is -0.705. The van der Waals surface area contributed by atoms with Gasteiger partial charge in [0.2, 0.25) is 5.91 Å². The second-order valence-corrected chi connectivity index (χ2v) is 7.61. The first-order chi connectivity index (χ1) is 14.6. The first-order valence-corrected chi connectivity index (χ1v) is 11.1. The van der Waals surface area contributed by atoms with Crippen LogP contribution in [0.3, 0.4) is 0 Å². The van der Waals surface area contributed by atoms with E-state index in [-0.39, 0.29) is 18.4 Å². The molecule has 1 amide bonds. The van der Waals surface area contributed by atoms with Crippen LogP contribution < -0.4 is 5.32 Å². The lowest BCUT2D eigenvalue weighted by atomic mass is 10.0. The van der Waals surface area contributed by atoms with Gasteiger partial charge in [0.15, 0.2) is 0 Å². The average Bonchev–Trinajstić information content (AvgIpc) is 2.73. The van der Waals surface area contributed by atoms with Crippen molar-refractivity contribution in [1.29, 1.82) is 0 Å². The Balaban J connectivity index is 2.34. The molecule has 0 fully saturated rings. The number of nitrogens with one attached hydrogen (secondary N) is 1. The Labute approximate surface area is 181 Å². The highest BCUT2D eigenvalue weighted by Crippen LogP contribution is 2.21. The lowest BCUT2D eigenvalue weighted by Gasteiger charge is -2.29. The molecule has 0 aliphatic carbocycles. The summed E-state index contributed by atoms with van der Waals surface area (Å²) in [5.41, 5.74) is 0.974. The summed E-state index contributed by atoms with van der Waals surface area (Å²) in [6.07, 6.45) is 12.3. The van der Waals surface area contributed by atoms with Crippen molar-refractivity contribution in [1.82, 2.24) is 10.2 Å². The molecule has 1 atom stereocenters. The first-order valence-electron chi connectivity index (χ1n) is 11.1. The monoisotopic (exact) mass is 414 g/mol. The normalized spacial score (nSPS) is 11.8. The van der Waals surface area contributed by atoms with E-state index in [0.717, 1.165) is 50.5 Å². The Morgan fingerprint density at radius 3 is 1.97 bits per heavy atom. The molecule has 0 saturated heterocycles. The Kier molecular flexibility index (Phi) is 14.0. The molecule has 1 aromatic carbocycles. The molecule has 2 N–H and O–H groups in total. The van der Waals surface area contributed by atoms with Crippen molar-refractivity contribution in [3.8, 4) is 0 Å². The van der Waals surface area contributed by atoms with Crippen LogP contribution in [0.15, 0.2) is 55.6 Å². The number of hydrogen-bond acceptors (Lipinski definition) is 3. The maximum absolute atomic E-state index is 13.0. The van der Waals surface area contributed by atoms with E-state index in [2.05, 4.69) is 23.4 Å². The molecule has 1 unspecified atom stereocenters. The molecular weight excluding hydrogens is 376 g/mol. The van der Waals surface area contributed by atoms with Gasteiger partial charge in [-0.3, -0.25) is 14.5 Å². The molecule has 5 heteroatoms. The quantitative estimate of drug-likeness (QED) is 0.259. The number of amides is 1. The molecule has 5 nitrogen and oxygen atoms in total. The molecule has 0 bridgehead atoms. The fourth-order valence-corrected chi connectivity index (χ4v) is 3.55. The molecule has 1 rings (SSSR count). The van der Waals surface area contributed by atoms with Gasteiger partial charge in [0.25, 0.3) is 0 Å². The number of unbranched alkanes of at least 4 members (excludes halogenated alkanes) is 7. The number of hydrogen-bond donors (Lipinski definition) is 2. The second kappa shape index (κ2) is 16.4. The van der Waals surface area contributed by atoms with Gasteiger partial charge in [-0.25, -0.2) is 0 Å². The van der Waals surface area contributed by atoms with Crippen molar-refractivity contribution in [2.45, 2.75) is 63.8 Å². The van der Waals surface area contributed by atoms with E-state index in [1.807, 2.05) is 42.5 Å². The van der Waals surface area contributed by atoms with E-state index in [1.54, 1.807) is 0 Å². The molecule has 0 radical (unpaired) electrons. The summed E-state index contributed by atoms with van der Waals surface area (Å²) in [7, 11) is 0. The van der Waals surface area contributed by atoms with Crippen molar-refractivity contribution in [2.75, 3.05) is 19.6 Å². The molecule has 0 aliphatic rings. The van der Waals surface area contributed by atoms with E-state index in [0.29, 0.717) is 19.6 Å². The molecule has 1 aromatic rings. The predicted molar refractivity (Wildman–Crippen MR) is 123 cm³/mol. The van der Waals surface area contributed by atoms with Crippen LogP contribution in [0.4, 0.5) is 0 Å². The number of carboxylic acid groups (broad SMARTS) is 1. The van der Waals surface area contributed by atoms with E-state index in [1.165, 1.54) is 6.42 Å². The van der Waals surface area contributed by atoms with Crippen molar-refractivity contribution in [3.05, 3.63) is 61.2 Å². The Bertz CT molecular complexity index is 621. The highest BCUT2D eigenvalue weighted by Gasteiger charge is 2.25. The standard InChI is InChI=1S/C25H38N2O3/c1-3-20-27(21-4-2)24(22-16-12-11-13-17-22)25(30)26-19-15-10-8-6-5-7-9-14-18-23(28)29/h3-4,11-13,16-17,24H,1-2,5-10,14-15,18-21H2,(H,26,30)(H,28,29). The van der Waals surface area contributed by atoms with Gasteiger partial charge in [-0.1, -0.05) is 81.0 Å². The van der Waals surface area contributed by atoms with Gasteiger partial charge in [-0.15, -0.1) is 13.2 Å². The number of rotatable bonds is 18. The fourth-order valence-electron chi connectivity index (χ4n) is 3.55. The lowest BCUT2D eigenvalue weighted by Crippen LogP contribution is -2.41. The molecule has 0 aliphatic heterocycles. The molecule has 0 saturated carbocycles. The number of carbonyl (C=O) groups is 2. The maximum atomic E-state index is 13.0. The maximum Gasteiger partial charge on any atom is 0.303 e. The van der Waals surface area contributed by atoms with Crippen molar-refractivity contribution < 1.29 is 14.7 Å². The molecule has 0 aromatic heterocycles. The topological polar surface area (TPSA) is 69.6 Å². The smallest absolute Gasteiger partial charge is 0.303 e. The van der Waals surface area contributed by atoms with Crippen LogP contribution in [0, 0.1) is 0 Å². The Morgan fingerprint density at radius 1 is 0.900 bits per heavy atom. The third-order valence-electron chi connectivity index (χ3n) is 5.07. The van der Waals surface area contributed by atoms with Crippen LogP contribution in [0.2, 0.25) is 0 Å². The molecule has 0 heterocycles. The van der Waals surface area contributed by atoms with Crippen molar-refractivity contribution in [2.24, 2.45) is 0 Å². The minimum Gasteiger partial charge on any atom is -0.481 e. The summed E-state index contributed by atoms with van der Waals surface area (Å²) >= 11 is 0. The van der Waals surface area contributed by atoms with Gasteiger partial charge in [0.05, 0.1) is 0 Å². The summed E-state index contributed by atoms with van der Waals surface area (Å²) in [5, 5.41) is 11.7.